The van der Waals surface area contributed by atoms with Crippen LogP contribution in [0, 0.1) is 5.92 Å². The number of anilines is 1. The zero-order valence-corrected chi connectivity index (χ0v) is 17.4. The number of halogens is 3. The van der Waals surface area contributed by atoms with Gasteiger partial charge in [-0.25, -0.2) is 4.98 Å². The van der Waals surface area contributed by atoms with Crippen molar-refractivity contribution in [2.24, 2.45) is 5.92 Å². The lowest BCUT2D eigenvalue weighted by molar-refractivity contribution is -0.145. The van der Waals surface area contributed by atoms with Crippen LogP contribution in [-0.2, 0) is 15.7 Å². The number of hydrogen-bond acceptors (Lipinski definition) is 5. The van der Waals surface area contributed by atoms with Gasteiger partial charge in [0.2, 0.25) is 0 Å². The molecule has 3 heterocycles. The number of nitrogens with zero attached hydrogens (tertiary/aromatic N) is 3. The Kier molecular flexibility index (Phi) is 4.86. The number of pyridine rings is 1. The van der Waals surface area contributed by atoms with E-state index in [0.29, 0.717) is 30.4 Å². The van der Waals surface area contributed by atoms with Gasteiger partial charge in [0.25, 0.3) is 0 Å². The van der Waals surface area contributed by atoms with Gasteiger partial charge < -0.3 is 15.2 Å². The van der Waals surface area contributed by atoms with Crippen molar-refractivity contribution in [2.75, 3.05) is 18.9 Å². The predicted octanol–water partition coefficient (Wildman–Crippen LogP) is 4.34. The highest BCUT2D eigenvalue weighted by Gasteiger charge is 2.52. The summed E-state index contributed by atoms with van der Waals surface area (Å²) < 4.78 is 53.0. The van der Waals surface area contributed by atoms with E-state index in [1.165, 1.54) is 11.8 Å². The minimum absolute atomic E-state index is 0.125. The largest absolute Gasteiger partial charge is 0.419 e. The molecule has 4 unspecified atom stereocenters. The molecule has 9 heteroatoms. The monoisotopic (exact) mass is 434 g/mol. The van der Waals surface area contributed by atoms with Gasteiger partial charge >= 0.3 is 6.18 Å². The molecule has 166 valence electrons. The Bertz CT molecular complexity index is 1030. The molecule has 2 aromatic heterocycles. The van der Waals surface area contributed by atoms with Gasteiger partial charge in [-0.3, -0.25) is 4.68 Å². The highest BCUT2D eigenvalue weighted by atomic mass is 19.4. The van der Waals surface area contributed by atoms with Gasteiger partial charge in [-0.15, -0.1) is 0 Å². The van der Waals surface area contributed by atoms with Gasteiger partial charge in [-0.1, -0.05) is 18.6 Å². The molecule has 2 aliphatic carbocycles. The molecule has 0 amide bonds. The summed E-state index contributed by atoms with van der Waals surface area (Å²) in [4.78, 5) is 3.77. The molecule has 1 saturated carbocycles. The van der Waals surface area contributed by atoms with Gasteiger partial charge in [0.15, 0.2) is 0 Å². The fraction of sp³-hybridized carbons (Fsp3) is 0.545. The molecule has 0 spiro atoms. The van der Waals surface area contributed by atoms with Crippen LogP contribution in [0.1, 0.15) is 49.9 Å². The summed E-state index contributed by atoms with van der Waals surface area (Å²) in [5.41, 5.74) is 7.70. The van der Waals surface area contributed by atoms with E-state index in [0.717, 1.165) is 24.6 Å². The van der Waals surface area contributed by atoms with Crippen molar-refractivity contribution in [1.82, 2.24) is 14.8 Å². The van der Waals surface area contributed by atoms with Gasteiger partial charge in [0.1, 0.15) is 11.9 Å². The van der Waals surface area contributed by atoms with Crippen molar-refractivity contribution in [3.63, 3.8) is 0 Å². The van der Waals surface area contributed by atoms with E-state index >= 15 is 0 Å². The molecule has 4 atom stereocenters. The van der Waals surface area contributed by atoms with Crippen molar-refractivity contribution in [3.05, 3.63) is 41.2 Å². The Morgan fingerprint density at radius 1 is 1.32 bits per heavy atom. The van der Waals surface area contributed by atoms with Crippen LogP contribution in [0.3, 0.4) is 0 Å². The molecule has 0 bridgehead atoms. The van der Waals surface area contributed by atoms with Crippen LogP contribution in [0.15, 0.2) is 30.0 Å². The first-order valence-corrected chi connectivity index (χ1v) is 10.6. The first-order chi connectivity index (χ1) is 14.8. The second-order valence-electron chi connectivity index (χ2n) is 8.63. The molecule has 0 aromatic carbocycles. The van der Waals surface area contributed by atoms with Crippen molar-refractivity contribution < 1.29 is 22.6 Å². The molecule has 2 N–H and O–H groups in total. The summed E-state index contributed by atoms with van der Waals surface area (Å²) in [6.45, 7) is 5.46. The lowest BCUT2D eigenvalue weighted by atomic mass is 10.1. The van der Waals surface area contributed by atoms with Crippen LogP contribution in [0.4, 0.5) is 19.0 Å². The standard InChI is InChI=1S/C22H25F3N4O2/c1-3-11(2)29-19(20-15-5-13(6-16(15)20)31-14-9-30-10-14)7-18(28-29)12-4-17(22(23,24)25)21(26)27-8-12/h4-5,7-8,11,13-14,16,20H,3,6,9-10H2,1-2H3,(H2,26,27). The highest BCUT2D eigenvalue weighted by Crippen LogP contribution is 2.60. The molecule has 0 radical (unpaired) electrons. The van der Waals surface area contributed by atoms with Crippen molar-refractivity contribution in [1.29, 1.82) is 0 Å². The Hall–Kier alpha value is -2.39. The van der Waals surface area contributed by atoms with E-state index in [9.17, 15) is 13.2 Å². The zero-order chi connectivity index (χ0) is 21.9. The number of alkyl halides is 3. The second kappa shape index (κ2) is 7.34. The third kappa shape index (κ3) is 3.63. The number of aromatic nitrogens is 3. The zero-order valence-electron chi connectivity index (χ0n) is 17.4. The Morgan fingerprint density at radius 3 is 2.68 bits per heavy atom. The number of rotatable bonds is 6. The number of nitrogen functional groups attached to an aromatic ring is 1. The Labute approximate surface area is 178 Å². The minimum Gasteiger partial charge on any atom is -0.383 e. The van der Waals surface area contributed by atoms with E-state index in [1.54, 1.807) is 0 Å². The van der Waals surface area contributed by atoms with E-state index in [4.69, 9.17) is 15.2 Å². The van der Waals surface area contributed by atoms with Gasteiger partial charge in [0.05, 0.1) is 30.6 Å². The Morgan fingerprint density at radius 2 is 2.10 bits per heavy atom. The average molecular weight is 434 g/mol. The quantitative estimate of drug-likeness (QED) is 0.685. The van der Waals surface area contributed by atoms with Crippen LogP contribution in [0.25, 0.3) is 11.3 Å². The smallest absolute Gasteiger partial charge is 0.383 e. The molecule has 3 aliphatic rings. The number of hydrogen-bond donors (Lipinski definition) is 1. The number of fused-ring (bicyclic) bond motifs is 1. The maximum atomic E-state index is 13.3. The van der Waals surface area contributed by atoms with Gasteiger partial charge in [-0.2, -0.15) is 18.3 Å². The van der Waals surface area contributed by atoms with E-state index in [1.807, 2.05) is 10.7 Å². The molecular formula is C22H25F3N4O2. The summed E-state index contributed by atoms with van der Waals surface area (Å²) in [7, 11) is 0. The van der Waals surface area contributed by atoms with Crippen LogP contribution in [-0.4, -0.2) is 40.2 Å². The first-order valence-electron chi connectivity index (χ1n) is 10.6. The van der Waals surface area contributed by atoms with Crippen LogP contribution < -0.4 is 5.73 Å². The third-order valence-electron chi connectivity index (χ3n) is 6.53. The highest BCUT2D eigenvalue weighted by molar-refractivity contribution is 5.64. The lowest BCUT2D eigenvalue weighted by Gasteiger charge is -2.29. The summed E-state index contributed by atoms with van der Waals surface area (Å²) in [6.07, 6.45) is 1.11. The lowest BCUT2D eigenvalue weighted by Crippen LogP contribution is -2.38. The minimum atomic E-state index is -4.56. The van der Waals surface area contributed by atoms with E-state index < -0.39 is 17.6 Å². The van der Waals surface area contributed by atoms with Crippen LogP contribution in [0.2, 0.25) is 0 Å². The van der Waals surface area contributed by atoms with Crippen molar-refractivity contribution in [2.45, 2.75) is 57.0 Å². The van der Waals surface area contributed by atoms with E-state index in [2.05, 4.69) is 30.0 Å². The maximum Gasteiger partial charge on any atom is 0.419 e. The fourth-order valence-electron chi connectivity index (χ4n) is 4.53. The molecule has 5 rings (SSSR count). The first kappa shape index (κ1) is 20.5. The molecule has 1 aliphatic heterocycles. The number of allylic oxidation sites excluding steroid dienone is 1. The normalized spacial score (nSPS) is 26.4. The third-order valence-corrected chi connectivity index (χ3v) is 6.53. The summed E-state index contributed by atoms with van der Waals surface area (Å²) >= 11 is 0. The molecular weight excluding hydrogens is 409 g/mol. The number of nitrogens with two attached hydrogens (primary N) is 1. The SMILES string of the molecule is CCC(C)n1nc(-c2cnc(N)c(C(F)(F)F)c2)cc1C1C2=CC(OC3COC3)CC21. The Balaban J connectivity index is 1.44. The molecule has 6 nitrogen and oxygen atoms in total. The molecule has 2 aromatic rings. The van der Waals surface area contributed by atoms with Gasteiger partial charge in [-0.05, 0) is 37.8 Å². The molecule has 2 fully saturated rings. The average Bonchev–Trinajstić information content (AvgIpc) is 3.05. The van der Waals surface area contributed by atoms with E-state index in [-0.39, 0.29) is 24.2 Å². The summed E-state index contributed by atoms with van der Waals surface area (Å²) in [6, 6.07) is 3.07. The number of ether oxygens (including phenoxy) is 2. The van der Waals surface area contributed by atoms with Crippen molar-refractivity contribution in [3.8, 4) is 11.3 Å². The maximum absolute atomic E-state index is 13.3. The topological polar surface area (TPSA) is 75.2 Å². The summed E-state index contributed by atoms with van der Waals surface area (Å²) in [5.74, 6) is 0.132. The van der Waals surface area contributed by atoms with Crippen molar-refractivity contribution >= 4 is 5.82 Å². The predicted molar refractivity (Wildman–Crippen MR) is 108 cm³/mol. The molecule has 31 heavy (non-hydrogen) atoms. The van der Waals surface area contributed by atoms with Gasteiger partial charge in [0, 0.05) is 29.4 Å². The summed E-state index contributed by atoms with van der Waals surface area (Å²) in [5, 5.41) is 4.68. The fourth-order valence-corrected chi connectivity index (χ4v) is 4.53. The van der Waals surface area contributed by atoms with Crippen LogP contribution >= 0.6 is 0 Å². The second-order valence-corrected chi connectivity index (χ2v) is 8.63. The van der Waals surface area contributed by atoms with Crippen LogP contribution in [0.5, 0.6) is 0 Å². The molecule has 1 saturated heterocycles.